The molecule has 0 rings (SSSR count). The van der Waals surface area contributed by atoms with E-state index in [-0.39, 0.29) is 44.0 Å². The van der Waals surface area contributed by atoms with Gasteiger partial charge in [0.05, 0.1) is 0 Å². The maximum Gasteiger partial charge on any atom is 0.306 e. The van der Waals surface area contributed by atoms with Crippen LogP contribution in [0.1, 0.15) is 271 Å². The van der Waals surface area contributed by atoms with Crippen molar-refractivity contribution in [3.05, 3.63) is 72.9 Å². The first kappa shape index (κ1) is 62.8. The minimum absolute atomic E-state index is 0.109. The van der Waals surface area contributed by atoms with Crippen LogP contribution in [0.15, 0.2) is 72.9 Å². The summed E-state index contributed by atoms with van der Waals surface area (Å²) >= 11 is 0. The Kier molecular flexibility index (Phi) is 51.9. The zero-order chi connectivity index (χ0) is 47.9. The van der Waals surface area contributed by atoms with Crippen molar-refractivity contribution < 1.29 is 28.6 Å². The number of esters is 3. The van der Waals surface area contributed by atoms with Gasteiger partial charge in [-0.1, -0.05) is 241 Å². The van der Waals surface area contributed by atoms with Crippen molar-refractivity contribution in [3.63, 3.8) is 0 Å². The van der Waals surface area contributed by atoms with Crippen molar-refractivity contribution in [1.82, 2.24) is 0 Å². The Labute approximate surface area is 408 Å². The van der Waals surface area contributed by atoms with Gasteiger partial charge >= 0.3 is 17.9 Å². The Morgan fingerprint density at radius 1 is 0.303 bits per heavy atom. The molecule has 380 valence electrons. The molecule has 1 unspecified atom stereocenters. The van der Waals surface area contributed by atoms with Gasteiger partial charge in [-0.05, 0) is 83.5 Å². The fourth-order valence-corrected chi connectivity index (χ4v) is 7.71. The second kappa shape index (κ2) is 54.5. The maximum atomic E-state index is 12.8. The van der Waals surface area contributed by atoms with Crippen LogP contribution in [0.2, 0.25) is 0 Å². The molecule has 0 spiro atoms. The van der Waals surface area contributed by atoms with Gasteiger partial charge in [-0.2, -0.15) is 0 Å². The number of rotatable bonds is 50. The van der Waals surface area contributed by atoms with Gasteiger partial charge in [0.1, 0.15) is 13.2 Å². The third-order valence-corrected chi connectivity index (χ3v) is 11.9. The average Bonchev–Trinajstić information content (AvgIpc) is 3.31. The van der Waals surface area contributed by atoms with Crippen molar-refractivity contribution in [1.29, 1.82) is 0 Å². The monoisotopic (exact) mass is 921 g/mol. The lowest BCUT2D eigenvalue weighted by Gasteiger charge is -2.18. The second-order valence-electron chi connectivity index (χ2n) is 18.5. The molecule has 0 radical (unpaired) electrons. The van der Waals surface area contributed by atoms with E-state index >= 15 is 0 Å². The van der Waals surface area contributed by atoms with E-state index < -0.39 is 6.10 Å². The Morgan fingerprint density at radius 3 is 0.909 bits per heavy atom. The van der Waals surface area contributed by atoms with Crippen molar-refractivity contribution in [3.8, 4) is 0 Å². The summed E-state index contributed by atoms with van der Waals surface area (Å²) in [6.45, 7) is 6.55. The molecule has 0 fully saturated rings. The molecule has 0 aromatic heterocycles. The first-order chi connectivity index (χ1) is 32.5. The Balaban J connectivity index is 4.52. The van der Waals surface area contributed by atoms with Gasteiger partial charge in [0.25, 0.3) is 0 Å². The molecule has 0 N–H and O–H groups in total. The molecule has 0 aromatic carbocycles. The largest absolute Gasteiger partial charge is 0.462 e. The van der Waals surface area contributed by atoms with E-state index in [1.165, 1.54) is 161 Å². The molecular weight excluding hydrogens is 817 g/mol. The molecule has 0 saturated heterocycles. The highest BCUT2D eigenvalue weighted by Crippen LogP contribution is 2.15. The number of hydrogen-bond donors (Lipinski definition) is 0. The van der Waals surface area contributed by atoms with Crippen LogP contribution < -0.4 is 0 Å². The number of allylic oxidation sites excluding steroid dienone is 12. The molecule has 6 heteroatoms. The number of carbonyl (C=O) groups is 3. The molecule has 0 saturated carbocycles. The summed E-state index contributed by atoms with van der Waals surface area (Å²) in [4.78, 5) is 38.0. The van der Waals surface area contributed by atoms with Crippen LogP contribution in [0, 0.1) is 0 Å². The molecule has 0 heterocycles. The minimum Gasteiger partial charge on any atom is -0.462 e. The highest BCUT2D eigenvalue weighted by molar-refractivity contribution is 5.71. The second-order valence-corrected chi connectivity index (χ2v) is 18.5. The standard InChI is InChI=1S/C60H104O6/c1-4-7-10-13-16-19-22-25-28-30-32-35-38-41-44-47-50-53-59(62)65-56-57(55-64-58(61)52-49-46-43-40-37-34-27-24-21-18-15-12-9-6-3)66-60(63)54-51-48-45-42-39-36-33-31-29-26-23-20-17-14-11-8-5-2/h25-26,28-29,32-33,35-36,41-42,44-45,57H,4-24,27,30-31,34,37-40,43,46-56H2,1-3H3/b28-25-,29-26-,35-32-,36-33-,44-41-,45-42-. The lowest BCUT2D eigenvalue weighted by Crippen LogP contribution is -2.30. The van der Waals surface area contributed by atoms with Crippen molar-refractivity contribution in [2.45, 2.75) is 277 Å². The van der Waals surface area contributed by atoms with Crippen LogP contribution in [0.25, 0.3) is 0 Å². The molecule has 66 heavy (non-hydrogen) atoms. The predicted octanol–water partition coefficient (Wildman–Crippen LogP) is 18.6. The molecule has 0 aromatic rings. The molecular formula is C60H104O6. The van der Waals surface area contributed by atoms with Crippen LogP contribution in [0.3, 0.4) is 0 Å². The number of unbranched alkanes of at least 4 members (excludes halogenated alkanes) is 27. The third-order valence-electron chi connectivity index (χ3n) is 11.9. The fourth-order valence-electron chi connectivity index (χ4n) is 7.71. The topological polar surface area (TPSA) is 78.9 Å². The van der Waals surface area contributed by atoms with E-state index in [0.717, 1.165) is 57.8 Å². The van der Waals surface area contributed by atoms with Crippen LogP contribution in [0.4, 0.5) is 0 Å². The van der Waals surface area contributed by atoms with Crippen molar-refractivity contribution in [2.75, 3.05) is 13.2 Å². The molecule has 1 atom stereocenters. The van der Waals surface area contributed by atoms with Gasteiger partial charge in [-0.3, -0.25) is 14.4 Å². The Morgan fingerprint density at radius 2 is 0.561 bits per heavy atom. The molecule has 0 bridgehead atoms. The Hall–Kier alpha value is -3.15. The fraction of sp³-hybridized carbons (Fsp3) is 0.750. The van der Waals surface area contributed by atoms with E-state index in [1.54, 1.807) is 0 Å². The summed E-state index contributed by atoms with van der Waals surface area (Å²) in [6.07, 6.45) is 69.0. The summed E-state index contributed by atoms with van der Waals surface area (Å²) in [7, 11) is 0. The number of ether oxygens (including phenoxy) is 3. The SMILES string of the molecule is CCCCCCCC/C=C\C/C=C\C/C=C\CCCC(=O)OCC(COC(=O)CCCCCCCCCCCCCCCC)OC(=O)CCC/C=C\C/C=C\C/C=C\CCCCCCCC. The van der Waals surface area contributed by atoms with Gasteiger partial charge in [-0.25, -0.2) is 0 Å². The zero-order valence-corrected chi connectivity index (χ0v) is 43.4. The summed E-state index contributed by atoms with van der Waals surface area (Å²) < 4.78 is 16.7. The lowest BCUT2D eigenvalue weighted by molar-refractivity contribution is -0.167. The predicted molar refractivity (Wildman–Crippen MR) is 284 cm³/mol. The molecule has 6 nitrogen and oxygen atoms in total. The Bertz CT molecular complexity index is 1240. The summed E-state index contributed by atoms with van der Waals surface area (Å²) in [5.74, 6) is -1.01. The van der Waals surface area contributed by atoms with Gasteiger partial charge in [0.15, 0.2) is 6.10 Å². The molecule has 0 amide bonds. The van der Waals surface area contributed by atoms with E-state index in [0.29, 0.717) is 19.3 Å². The number of carbonyl (C=O) groups excluding carboxylic acids is 3. The summed E-state index contributed by atoms with van der Waals surface area (Å²) in [5, 5.41) is 0. The first-order valence-corrected chi connectivity index (χ1v) is 27.9. The van der Waals surface area contributed by atoms with Gasteiger partial charge in [-0.15, -0.1) is 0 Å². The van der Waals surface area contributed by atoms with Gasteiger partial charge < -0.3 is 14.2 Å². The third kappa shape index (κ3) is 51.8. The quantitative estimate of drug-likeness (QED) is 0.0262. The van der Waals surface area contributed by atoms with Gasteiger partial charge in [0, 0.05) is 19.3 Å². The minimum atomic E-state index is -0.820. The van der Waals surface area contributed by atoms with E-state index in [2.05, 4.69) is 93.7 Å². The lowest BCUT2D eigenvalue weighted by atomic mass is 10.0. The number of hydrogen-bond acceptors (Lipinski definition) is 6. The molecule has 0 aliphatic rings. The van der Waals surface area contributed by atoms with Crippen LogP contribution >= 0.6 is 0 Å². The van der Waals surface area contributed by atoms with Crippen LogP contribution in [-0.2, 0) is 28.6 Å². The van der Waals surface area contributed by atoms with E-state index in [1.807, 2.05) is 0 Å². The highest BCUT2D eigenvalue weighted by Gasteiger charge is 2.19. The smallest absolute Gasteiger partial charge is 0.306 e. The maximum absolute atomic E-state index is 12.8. The highest BCUT2D eigenvalue weighted by atomic mass is 16.6. The van der Waals surface area contributed by atoms with Crippen molar-refractivity contribution in [2.24, 2.45) is 0 Å². The summed E-state index contributed by atoms with van der Waals surface area (Å²) in [5.41, 5.74) is 0. The summed E-state index contributed by atoms with van der Waals surface area (Å²) in [6, 6.07) is 0. The van der Waals surface area contributed by atoms with Crippen molar-refractivity contribution >= 4 is 17.9 Å². The van der Waals surface area contributed by atoms with E-state index in [9.17, 15) is 14.4 Å². The van der Waals surface area contributed by atoms with E-state index in [4.69, 9.17) is 14.2 Å². The zero-order valence-electron chi connectivity index (χ0n) is 43.4. The van der Waals surface area contributed by atoms with Crippen LogP contribution in [0.5, 0.6) is 0 Å². The first-order valence-electron chi connectivity index (χ1n) is 27.9. The molecule has 0 aliphatic heterocycles. The average molecular weight is 921 g/mol. The molecule has 0 aliphatic carbocycles. The van der Waals surface area contributed by atoms with Gasteiger partial charge in [0.2, 0.25) is 0 Å². The normalized spacial score (nSPS) is 12.6. The van der Waals surface area contributed by atoms with Crippen LogP contribution in [-0.4, -0.2) is 37.2 Å².